The van der Waals surface area contributed by atoms with Gasteiger partial charge in [-0.15, -0.1) is 11.7 Å². The smallest absolute Gasteiger partial charge is 0.0379 e. The largest absolute Gasteiger partial charge is 0.698 e. The van der Waals surface area contributed by atoms with Crippen molar-refractivity contribution in [2.75, 3.05) is 6.61 Å². The fourth-order valence-corrected chi connectivity index (χ4v) is 7.00. The Kier molecular flexibility index (Phi) is 25.1. The maximum Gasteiger partial charge on any atom is 0.0379 e. The Hall–Kier alpha value is 0.0270. The summed E-state index contributed by atoms with van der Waals surface area (Å²) in [6.07, 6.45) is 13.2. The number of nitrogens with zero attached hydrogens (tertiary/aromatic N) is 2. The van der Waals surface area contributed by atoms with Crippen LogP contribution >= 0.6 is 0 Å². The van der Waals surface area contributed by atoms with Crippen LogP contribution < -0.4 is 0 Å². The maximum atomic E-state index is 5.79. The van der Waals surface area contributed by atoms with Crippen molar-refractivity contribution in [1.29, 1.82) is 0 Å². The monoisotopic (exact) mass is 671 g/mol. The van der Waals surface area contributed by atoms with E-state index < -0.39 is 0 Å². The van der Waals surface area contributed by atoms with Crippen molar-refractivity contribution in [2.45, 2.75) is 170 Å². The number of para-hydroxylation sites is 1. The van der Waals surface area contributed by atoms with Crippen LogP contribution in [0.4, 0.5) is 5.69 Å². The number of ether oxygens (including phenoxy) is 1. The molecule has 3 fully saturated rings. The topological polar surface area (TPSA) is 37.4 Å². The van der Waals surface area contributed by atoms with Gasteiger partial charge in [0.15, 0.2) is 0 Å². The molecule has 5 heteroatoms. The predicted molar refractivity (Wildman–Crippen MR) is 200 cm³/mol. The van der Waals surface area contributed by atoms with Crippen LogP contribution in [-0.4, -0.2) is 27.6 Å². The van der Waals surface area contributed by atoms with E-state index in [0.717, 1.165) is 13.0 Å². The third-order valence-electron chi connectivity index (χ3n) is 9.37. The van der Waals surface area contributed by atoms with Crippen LogP contribution in [0, 0.1) is 43.1 Å². The number of hydrogen-bond acceptors (Lipinski definition) is 1. The van der Waals surface area contributed by atoms with E-state index in [9.17, 15) is 0 Å². The van der Waals surface area contributed by atoms with Crippen LogP contribution in [0.25, 0.3) is 10.6 Å². The Balaban J connectivity index is 0.00000138. The van der Waals surface area contributed by atoms with E-state index in [4.69, 9.17) is 15.4 Å². The minimum Gasteiger partial charge on any atom is -0.698 e. The van der Waals surface area contributed by atoms with Gasteiger partial charge in [0, 0.05) is 41.2 Å². The van der Waals surface area contributed by atoms with E-state index in [1.807, 2.05) is 6.61 Å². The van der Waals surface area contributed by atoms with E-state index in [1.165, 1.54) is 74.6 Å². The molecule has 260 valence electrons. The van der Waals surface area contributed by atoms with Crippen molar-refractivity contribution in [2.24, 2.45) is 29.6 Å². The summed E-state index contributed by atoms with van der Waals surface area (Å²) in [5.74, 6) is 4.38. The van der Waals surface area contributed by atoms with Crippen LogP contribution in [0.2, 0.25) is 19.6 Å². The van der Waals surface area contributed by atoms with Gasteiger partial charge in [-0.05, 0) is 23.7 Å². The van der Waals surface area contributed by atoms with Crippen molar-refractivity contribution in [3.05, 3.63) is 53.5 Å². The first kappa shape index (κ1) is 45.0. The first-order valence-corrected chi connectivity index (χ1v) is 21.4. The first-order valence-electron chi connectivity index (χ1n) is 18.4. The zero-order chi connectivity index (χ0) is 33.2. The van der Waals surface area contributed by atoms with Gasteiger partial charge >= 0.3 is 0 Å². The van der Waals surface area contributed by atoms with Gasteiger partial charge in [0.1, 0.15) is 0 Å². The minimum absolute atomic E-state index is 0. The molecule has 1 saturated heterocycles. The van der Waals surface area contributed by atoms with Gasteiger partial charge in [-0.1, -0.05) is 180 Å². The number of benzene rings is 1. The van der Waals surface area contributed by atoms with E-state index in [2.05, 4.69) is 100 Å². The molecular formula is C40H73N2OScSi-4. The summed E-state index contributed by atoms with van der Waals surface area (Å²) >= 11 is 0. The third-order valence-corrected chi connectivity index (χ3v) is 9.37. The molecule has 1 aliphatic heterocycles. The summed E-state index contributed by atoms with van der Waals surface area (Å²) in [6.45, 7) is 33.6. The van der Waals surface area contributed by atoms with Gasteiger partial charge in [-0.3, -0.25) is 0 Å². The van der Waals surface area contributed by atoms with Crippen LogP contribution in [0.3, 0.4) is 0 Å². The van der Waals surface area contributed by atoms with Gasteiger partial charge in [-0.25, -0.2) is 12.8 Å². The van der Waals surface area contributed by atoms with Crippen molar-refractivity contribution >= 4 is 14.5 Å². The van der Waals surface area contributed by atoms with Crippen LogP contribution in [-0.2, 0) is 30.6 Å². The molecular weight excluding hydrogens is 597 g/mol. The van der Waals surface area contributed by atoms with E-state index >= 15 is 0 Å². The molecule has 45 heavy (non-hydrogen) atoms. The second kappa shape index (κ2) is 25.1. The van der Waals surface area contributed by atoms with Gasteiger partial charge in [0.25, 0.3) is 0 Å². The van der Waals surface area contributed by atoms with Gasteiger partial charge in [-0.2, -0.15) is 13.3 Å². The molecule has 1 aromatic carbocycles. The van der Waals surface area contributed by atoms with Gasteiger partial charge < -0.3 is 22.3 Å². The molecule has 1 aromatic rings. The molecule has 3 aliphatic rings. The Labute approximate surface area is 303 Å². The Morgan fingerprint density at radius 2 is 1.24 bits per heavy atom. The fraction of sp³-hybridized carbons (Fsp3) is 0.800. The molecule has 0 spiro atoms. The van der Waals surface area contributed by atoms with Crippen LogP contribution in [0.5, 0.6) is 0 Å². The van der Waals surface area contributed by atoms with Gasteiger partial charge in [0.2, 0.25) is 0 Å². The molecule has 2 saturated carbocycles. The predicted octanol–water partition coefficient (Wildman–Crippen LogP) is 13.5. The SMILES string of the molecule is CC(C)c1cccc(C(C)C)c1[N-]C([N-]C1C(C(C)C)CCCC1C(C)C)C1CCCCC1.C[Si](C)C.[CH-]1CCCO1.[CH2-]C.[Sc]. The Bertz CT molecular complexity index is 796. The van der Waals surface area contributed by atoms with Crippen molar-refractivity contribution < 1.29 is 30.6 Å². The van der Waals surface area contributed by atoms with E-state index in [0.29, 0.717) is 47.5 Å². The molecule has 0 bridgehead atoms. The Morgan fingerprint density at radius 1 is 0.756 bits per heavy atom. The van der Waals surface area contributed by atoms with E-state index in [-0.39, 0.29) is 40.8 Å². The summed E-state index contributed by atoms with van der Waals surface area (Å²) in [7, 11) is 0.120. The van der Waals surface area contributed by atoms with Crippen LogP contribution in [0.1, 0.15) is 149 Å². The average Bonchev–Trinajstić information content (AvgIpc) is 3.58. The molecule has 0 aromatic heterocycles. The third kappa shape index (κ3) is 16.3. The zero-order valence-corrected chi connectivity index (χ0v) is 34.7. The molecule has 3 atom stereocenters. The molecule has 0 N–H and O–H groups in total. The zero-order valence-electron chi connectivity index (χ0n) is 31.9. The standard InChI is InChI=1S/C31H52N2.C4H7O.C3H9Si.C2H5.Sc/c1-20(2)25-16-12-17-26(21(3)4)29(25)32-31(24-14-10-9-11-15-24)33-30-27(22(5)6)18-13-19-28(30)23(7)8;1-2-4-5-3-1;1-4(2)3;1-2;/h12,16-17,20-24,27-28,30-31H,9-11,13-15,18-19H2,1-8H3;3H,1-2,4H2;1-3H3;1H2,2H3;/q-2;-1;;-1;. The number of rotatable bonds is 9. The molecule has 2 aliphatic carbocycles. The summed E-state index contributed by atoms with van der Waals surface area (Å²) in [6, 6.07) is 7.31. The quantitative estimate of drug-likeness (QED) is 0.190. The summed E-state index contributed by atoms with van der Waals surface area (Å²) in [5.41, 5.74) is 4.07. The second-order valence-electron chi connectivity index (χ2n) is 15.1. The normalized spacial score (nSPS) is 22.6. The van der Waals surface area contributed by atoms with Crippen LogP contribution in [0.15, 0.2) is 18.2 Å². The molecule has 2 radical (unpaired) electrons. The van der Waals surface area contributed by atoms with Crippen molar-refractivity contribution in [1.82, 2.24) is 0 Å². The van der Waals surface area contributed by atoms with Crippen molar-refractivity contribution in [3.63, 3.8) is 0 Å². The van der Waals surface area contributed by atoms with Gasteiger partial charge in [0.05, 0.1) is 0 Å². The summed E-state index contributed by atoms with van der Waals surface area (Å²) in [5, 5.41) is 11.4. The number of hydrogen-bond donors (Lipinski definition) is 0. The first-order chi connectivity index (χ1) is 20.9. The molecule has 3 nitrogen and oxygen atoms in total. The van der Waals surface area contributed by atoms with E-state index in [1.54, 1.807) is 6.92 Å². The molecule has 4 rings (SSSR count). The van der Waals surface area contributed by atoms with Crippen molar-refractivity contribution in [3.8, 4) is 0 Å². The summed E-state index contributed by atoms with van der Waals surface area (Å²) in [4.78, 5) is 0. The minimum atomic E-state index is 0. The molecule has 0 amide bonds. The average molecular weight is 671 g/mol. The molecule has 1 heterocycles. The fourth-order valence-electron chi connectivity index (χ4n) is 7.00. The maximum absolute atomic E-state index is 5.79. The second-order valence-corrected chi connectivity index (χ2v) is 18.1. The molecule has 3 unspecified atom stereocenters. The Morgan fingerprint density at radius 3 is 1.60 bits per heavy atom. The summed E-state index contributed by atoms with van der Waals surface area (Å²) < 4.78 is 4.82.